The molecule has 0 aromatic heterocycles. The molecular formula is C14H18BrFN2. The largest absolute Gasteiger partial charge is 0.377 e. The smallest absolute Gasteiger partial charge is 0.147 e. The Morgan fingerprint density at radius 2 is 2.11 bits per heavy atom. The molecule has 0 aliphatic carbocycles. The van der Waals surface area contributed by atoms with Gasteiger partial charge in [0.15, 0.2) is 0 Å². The quantitative estimate of drug-likeness (QED) is 0.897. The number of halogens is 2. The molecule has 2 saturated heterocycles. The standard InChI is InChI=1S/C14H18BrFN2/c15-10-4-3-5-11(16)14(10)17-12-7-9-18-8-2-1-6-13(12)18/h3-5,12-13,17H,1-2,6-9H2. The minimum atomic E-state index is -0.168. The highest BCUT2D eigenvalue weighted by Gasteiger charge is 2.35. The monoisotopic (exact) mass is 312 g/mol. The first-order valence-electron chi connectivity index (χ1n) is 6.70. The van der Waals surface area contributed by atoms with E-state index in [0.717, 1.165) is 17.4 Å². The second kappa shape index (κ2) is 5.17. The molecule has 1 N–H and O–H groups in total. The SMILES string of the molecule is Fc1cccc(Br)c1NC1CCN2CCCCC12. The fourth-order valence-corrected chi connectivity index (χ4v) is 3.69. The van der Waals surface area contributed by atoms with E-state index in [4.69, 9.17) is 0 Å². The van der Waals surface area contributed by atoms with Gasteiger partial charge in [-0.05, 0) is 53.9 Å². The van der Waals surface area contributed by atoms with Crippen molar-refractivity contribution in [2.75, 3.05) is 18.4 Å². The molecule has 1 aromatic rings. The molecule has 3 rings (SSSR count). The van der Waals surface area contributed by atoms with Crippen LogP contribution in [0.4, 0.5) is 10.1 Å². The normalized spacial score (nSPS) is 28.1. The Balaban J connectivity index is 1.76. The summed E-state index contributed by atoms with van der Waals surface area (Å²) >= 11 is 3.43. The fourth-order valence-electron chi connectivity index (χ4n) is 3.24. The maximum Gasteiger partial charge on any atom is 0.147 e. The van der Waals surface area contributed by atoms with E-state index >= 15 is 0 Å². The minimum Gasteiger partial charge on any atom is -0.377 e. The maximum atomic E-state index is 13.8. The van der Waals surface area contributed by atoms with Crippen LogP contribution in [0.1, 0.15) is 25.7 Å². The Kier molecular flexibility index (Phi) is 3.57. The Hall–Kier alpha value is -0.610. The zero-order valence-electron chi connectivity index (χ0n) is 10.3. The van der Waals surface area contributed by atoms with Gasteiger partial charge in [-0.25, -0.2) is 4.39 Å². The van der Waals surface area contributed by atoms with Gasteiger partial charge in [-0.2, -0.15) is 0 Å². The summed E-state index contributed by atoms with van der Waals surface area (Å²) in [7, 11) is 0. The first kappa shape index (κ1) is 12.4. The number of para-hydroxylation sites is 1. The third-order valence-electron chi connectivity index (χ3n) is 4.15. The Bertz CT molecular complexity index is 418. The summed E-state index contributed by atoms with van der Waals surface area (Å²) in [6.45, 7) is 2.36. The van der Waals surface area contributed by atoms with Crippen molar-refractivity contribution in [1.82, 2.24) is 4.90 Å². The van der Waals surface area contributed by atoms with Crippen LogP contribution in [0.25, 0.3) is 0 Å². The van der Waals surface area contributed by atoms with Crippen LogP contribution < -0.4 is 5.32 Å². The van der Waals surface area contributed by atoms with Crippen molar-refractivity contribution in [3.63, 3.8) is 0 Å². The van der Waals surface area contributed by atoms with Crippen LogP contribution in [-0.4, -0.2) is 30.1 Å². The number of fused-ring (bicyclic) bond motifs is 1. The molecule has 2 heterocycles. The van der Waals surface area contributed by atoms with Crippen LogP contribution in [0.5, 0.6) is 0 Å². The van der Waals surface area contributed by atoms with E-state index < -0.39 is 0 Å². The molecule has 2 aliphatic rings. The first-order chi connectivity index (χ1) is 8.75. The maximum absolute atomic E-state index is 13.8. The Labute approximate surface area is 116 Å². The van der Waals surface area contributed by atoms with Gasteiger partial charge in [0, 0.05) is 23.1 Å². The summed E-state index contributed by atoms with van der Waals surface area (Å²) in [4.78, 5) is 2.55. The molecule has 98 valence electrons. The minimum absolute atomic E-state index is 0.168. The second-order valence-corrected chi connectivity index (χ2v) is 6.09. The summed E-state index contributed by atoms with van der Waals surface area (Å²) in [5.74, 6) is -0.168. The van der Waals surface area contributed by atoms with Crippen molar-refractivity contribution in [2.24, 2.45) is 0 Å². The molecule has 2 unspecified atom stereocenters. The van der Waals surface area contributed by atoms with E-state index in [1.54, 1.807) is 6.07 Å². The molecule has 0 radical (unpaired) electrons. The van der Waals surface area contributed by atoms with Crippen molar-refractivity contribution >= 4 is 21.6 Å². The summed E-state index contributed by atoms with van der Waals surface area (Å²) in [5.41, 5.74) is 0.620. The zero-order valence-corrected chi connectivity index (χ0v) is 11.9. The van der Waals surface area contributed by atoms with Gasteiger partial charge in [-0.3, -0.25) is 4.90 Å². The van der Waals surface area contributed by atoms with E-state index in [2.05, 4.69) is 26.1 Å². The van der Waals surface area contributed by atoms with E-state index in [1.165, 1.54) is 31.9 Å². The van der Waals surface area contributed by atoms with Crippen LogP contribution in [-0.2, 0) is 0 Å². The second-order valence-electron chi connectivity index (χ2n) is 5.24. The lowest BCUT2D eigenvalue weighted by Crippen LogP contribution is -2.41. The summed E-state index contributed by atoms with van der Waals surface area (Å²) in [6, 6.07) is 6.11. The number of piperidine rings is 1. The van der Waals surface area contributed by atoms with E-state index in [9.17, 15) is 4.39 Å². The van der Waals surface area contributed by atoms with Crippen molar-refractivity contribution in [3.8, 4) is 0 Å². The van der Waals surface area contributed by atoms with Crippen LogP contribution in [0.15, 0.2) is 22.7 Å². The van der Waals surface area contributed by atoms with Crippen LogP contribution in [0.3, 0.4) is 0 Å². The third kappa shape index (κ3) is 2.28. The summed E-state index contributed by atoms with van der Waals surface area (Å²) < 4.78 is 14.6. The number of nitrogens with one attached hydrogen (secondary N) is 1. The van der Waals surface area contributed by atoms with Gasteiger partial charge in [-0.15, -0.1) is 0 Å². The van der Waals surface area contributed by atoms with Gasteiger partial charge in [0.1, 0.15) is 5.82 Å². The highest BCUT2D eigenvalue weighted by molar-refractivity contribution is 9.10. The van der Waals surface area contributed by atoms with Gasteiger partial charge in [0.2, 0.25) is 0 Å². The average Bonchev–Trinajstić information content (AvgIpc) is 2.77. The average molecular weight is 313 g/mol. The van der Waals surface area contributed by atoms with Crippen LogP contribution >= 0.6 is 15.9 Å². The lowest BCUT2D eigenvalue weighted by Gasteiger charge is -2.33. The number of benzene rings is 1. The van der Waals surface area contributed by atoms with E-state index in [0.29, 0.717) is 17.8 Å². The van der Waals surface area contributed by atoms with Gasteiger partial charge in [0.25, 0.3) is 0 Å². The van der Waals surface area contributed by atoms with Gasteiger partial charge >= 0.3 is 0 Å². The molecule has 0 amide bonds. The molecule has 2 atom stereocenters. The van der Waals surface area contributed by atoms with Gasteiger partial charge in [-0.1, -0.05) is 12.5 Å². The third-order valence-corrected chi connectivity index (χ3v) is 4.81. The highest BCUT2D eigenvalue weighted by Crippen LogP contribution is 2.32. The molecule has 1 aromatic carbocycles. The predicted molar refractivity (Wildman–Crippen MR) is 75.3 cm³/mol. The van der Waals surface area contributed by atoms with Gasteiger partial charge < -0.3 is 5.32 Å². The molecular weight excluding hydrogens is 295 g/mol. The fraction of sp³-hybridized carbons (Fsp3) is 0.571. The van der Waals surface area contributed by atoms with Crippen molar-refractivity contribution in [1.29, 1.82) is 0 Å². The number of anilines is 1. The molecule has 0 saturated carbocycles. The molecule has 2 aliphatic heterocycles. The lowest BCUT2D eigenvalue weighted by molar-refractivity contribution is 0.192. The lowest BCUT2D eigenvalue weighted by atomic mass is 9.99. The van der Waals surface area contributed by atoms with Crippen molar-refractivity contribution < 1.29 is 4.39 Å². The predicted octanol–water partition coefficient (Wildman–Crippen LogP) is 3.63. The van der Waals surface area contributed by atoms with Crippen LogP contribution in [0.2, 0.25) is 0 Å². The Morgan fingerprint density at radius 3 is 2.94 bits per heavy atom. The molecule has 0 bridgehead atoms. The van der Waals surface area contributed by atoms with Crippen LogP contribution in [0, 0.1) is 5.82 Å². The Morgan fingerprint density at radius 1 is 1.22 bits per heavy atom. The summed E-state index contributed by atoms with van der Waals surface area (Å²) in [6.07, 6.45) is 4.97. The van der Waals surface area contributed by atoms with Gasteiger partial charge in [0.05, 0.1) is 5.69 Å². The number of hydrogen-bond donors (Lipinski definition) is 1. The van der Waals surface area contributed by atoms with E-state index in [-0.39, 0.29) is 5.82 Å². The van der Waals surface area contributed by atoms with Crippen molar-refractivity contribution in [2.45, 2.75) is 37.8 Å². The summed E-state index contributed by atoms with van der Waals surface area (Å²) in [5, 5.41) is 3.41. The van der Waals surface area contributed by atoms with E-state index in [1.807, 2.05) is 6.07 Å². The number of rotatable bonds is 2. The molecule has 4 heteroatoms. The molecule has 2 nitrogen and oxygen atoms in total. The molecule has 0 spiro atoms. The molecule has 2 fully saturated rings. The molecule has 18 heavy (non-hydrogen) atoms. The first-order valence-corrected chi connectivity index (χ1v) is 7.49. The highest BCUT2D eigenvalue weighted by atomic mass is 79.9. The number of hydrogen-bond acceptors (Lipinski definition) is 2. The van der Waals surface area contributed by atoms with Crippen molar-refractivity contribution in [3.05, 3.63) is 28.5 Å². The zero-order chi connectivity index (χ0) is 12.5. The number of nitrogens with zero attached hydrogens (tertiary/aromatic N) is 1. The topological polar surface area (TPSA) is 15.3 Å².